The van der Waals surface area contributed by atoms with Gasteiger partial charge < -0.3 is 4.74 Å². The number of hydrogen-bond donors (Lipinski definition) is 0. The van der Waals surface area contributed by atoms with Crippen LogP contribution < -0.4 is 4.74 Å². The van der Waals surface area contributed by atoms with E-state index in [1.54, 1.807) is 0 Å². The first kappa shape index (κ1) is 30.1. The Balaban J connectivity index is 0. The van der Waals surface area contributed by atoms with Gasteiger partial charge in [-0.1, -0.05) is 106 Å². The third kappa shape index (κ3) is 10.6. The molecule has 0 amide bonds. The monoisotopic (exact) mass is 414 g/mol. The summed E-state index contributed by atoms with van der Waals surface area (Å²) in [5.74, 6) is 2.91. The molecule has 2 aromatic rings. The Bertz CT molecular complexity index is 712. The topological polar surface area (TPSA) is 26.3 Å². The van der Waals surface area contributed by atoms with E-state index in [1.165, 1.54) is 24.5 Å². The summed E-state index contributed by atoms with van der Waals surface area (Å²) in [6, 6.07) is 16.8. The smallest absolute Gasteiger partial charge is 0.308 e. The Morgan fingerprint density at radius 1 is 0.833 bits per heavy atom. The van der Waals surface area contributed by atoms with Crippen molar-refractivity contribution in [1.82, 2.24) is 0 Å². The highest BCUT2D eigenvalue weighted by molar-refractivity contribution is 5.69. The van der Waals surface area contributed by atoms with Crippen molar-refractivity contribution < 1.29 is 9.53 Å². The minimum Gasteiger partial charge on any atom is -0.426 e. The quantitative estimate of drug-likeness (QED) is 0.349. The average molecular weight is 415 g/mol. The van der Waals surface area contributed by atoms with Crippen molar-refractivity contribution in [3.05, 3.63) is 65.2 Å². The van der Waals surface area contributed by atoms with Crippen molar-refractivity contribution >= 4 is 5.97 Å². The molecule has 0 spiro atoms. The van der Waals surface area contributed by atoms with Crippen LogP contribution in [0.4, 0.5) is 0 Å². The van der Waals surface area contributed by atoms with E-state index in [1.807, 2.05) is 24.3 Å². The van der Waals surface area contributed by atoms with Crippen molar-refractivity contribution in [1.29, 1.82) is 0 Å². The van der Waals surface area contributed by atoms with Crippen LogP contribution in [-0.2, 0) is 11.2 Å². The number of benzene rings is 2. The number of hydrogen-bond acceptors (Lipinski definition) is 2. The summed E-state index contributed by atoms with van der Waals surface area (Å²) in [6.45, 7) is 17.0. The minimum absolute atomic E-state index is 0. The summed E-state index contributed by atoms with van der Waals surface area (Å²) in [4.78, 5) is 10.8. The molecule has 30 heavy (non-hydrogen) atoms. The van der Waals surface area contributed by atoms with Crippen molar-refractivity contribution in [2.24, 2.45) is 11.8 Å². The highest BCUT2D eigenvalue weighted by Gasteiger charge is 2.09. The second kappa shape index (κ2) is 14.8. The Hall–Kier alpha value is -2.09. The van der Waals surface area contributed by atoms with Crippen molar-refractivity contribution in [2.75, 3.05) is 0 Å². The third-order valence-electron chi connectivity index (χ3n) is 4.94. The third-order valence-corrected chi connectivity index (χ3v) is 4.94. The van der Waals surface area contributed by atoms with Crippen LogP contribution in [0.2, 0.25) is 0 Å². The first-order chi connectivity index (χ1) is 13.1. The van der Waals surface area contributed by atoms with E-state index in [2.05, 4.69) is 72.7 Å². The fourth-order valence-electron chi connectivity index (χ4n) is 3.02. The fraction of sp³-hybridized carbons (Fsp3) is 0.536. The summed E-state index contributed by atoms with van der Waals surface area (Å²) in [5, 5.41) is 0. The predicted molar refractivity (Wildman–Crippen MR) is 134 cm³/mol. The van der Waals surface area contributed by atoms with Gasteiger partial charge in [0.1, 0.15) is 5.75 Å². The van der Waals surface area contributed by atoms with Gasteiger partial charge in [-0.2, -0.15) is 0 Å². The fourth-order valence-corrected chi connectivity index (χ4v) is 3.02. The molecule has 0 aliphatic rings. The van der Waals surface area contributed by atoms with Crippen LogP contribution in [0.5, 0.6) is 5.75 Å². The maximum absolute atomic E-state index is 10.8. The largest absolute Gasteiger partial charge is 0.426 e. The molecule has 0 bridgehead atoms. The van der Waals surface area contributed by atoms with E-state index < -0.39 is 0 Å². The average Bonchev–Trinajstić information content (AvgIpc) is 2.61. The van der Waals surface area contributed by atoms with Crippen LogP contribution in [0.15, 0.2) is 48.5 Å². The van der Waals surface area contributed by atoms with Crippen LogP contribution in [0.25, 0.3) is 0 Å². The van der Waals surface area contributed by atoms with Gasteiger partial charge in [-0.15, -0.1) is 0 Å². The van der Waals surface area contributed by atoms with Gasteiger partial charge in [-0.3, -0.25) is 4.79 Å². The molecule has 0 aliphatic carbocycles. The predicted octanol–water partition coefficient (Wildman–Crippen LogP) is 8.65. The molecule has 170 valence electrons. The Morgan fingerprint density at radius 2 is 1.37 bits per heavy atom. The van der Waals surface area contributed by atoms with Gasteiger partial charge in [0.2, 0.25) is 0 Å². The van der Waals surface area contributed by atoms with Crippen LogP contribution >= 0.6 is 0 Å². The number of ether oxygens (including phenoxy) is 1. The van der Waals surface area contributed by atoms with Crippen LogP contribution in [0.1, 0.15) is 98.8 Å². The van der Waals surface area contributed by atoms with Gasteiger partial charge in [-0.25, -0.2) is 0 Å². The summed E-state index contributed by atoms with van der Waals surface area (Å²) in [7, 11) is 0. The number of esters is 1. The molecule has 1 unspecified atom stereocenters. The van der Waals surface area contributed by atoms with Gasteiger partial charge in [-0.05, 0) is 52.8 Å². The molecular formula is C28H46O2. The van der Waals surface area contributed by atoms with E-state index in [4.69, 9.17) is 4.74 Å². The van der Waals surface area contributed by atoms with Crippen molar-refractivity contribution in [3.8, 4) is 5.75 Å². The van der Waals surface area contributed by atoms with E-state index in [0.717, 1.165) is 17.4 Å². The van der Waals surface area contributed by atoms with E-state index >= 15 is 0 Å². The molecule has 0 aromatic heterocycles. The molecule has 0 aliphatic heterocycles. The SMILES string of the molecule is C.C.CC(=O)Oc1ccccc1C(C)C.CC(C)Cc1ccc(C(C)C(C)C)cc1. The maximum Gasteiger partial charge on any atom is 0.308 e. The van der Waals surface area contributed by atoms with Gasteiger partial charge >= 0.3 is 5.97 Å². The Morgan fingerprint density at radius 3 is 1.80 bits per heavy atom. The number of para-hydroxylation sites is 1. The second-order valence-electron chi connectivity index (χ2n) is 8.66. The van der Waals surface area contributed by atoms with E-state index in [-0.39, 0.29) is 20.8 Å². The van der Waals surface area contributed by atoms with Gasteiger partial charge in [0.05, 0.1) is 0 Å². The zero-order chi connectivity index (χ0) is 21.3. The zero-order valence-corrected chi connectivity index (χ0v) is 19.0. The zero-order valence-electron chi connectivity index (χ0n) is 19.0. The normalized spacial score (nSPS) is 11.2. The van der Waals surface area contributed by atoms with Crippen LogP contribution in [-0.4, -0.2) is 5.97 Å². The summed E-state index contributed by atoms with van der Waals surface area (Å²) < 4.78 is 5.07. The molecule has 0 saturated heterocycles. The molecule has 0 N–H and O–H groups in total. The van der Waals surface area contributed by atoms with Crippen LogP contribution in [0, 0.1) is 11.8 Å². The second-order valence-corrected chi connectivity index (χ2v) is 8.66. The highest BCUT2D eigenvalue weighted by atomic mass is 16.5. The Kier molecular flexibility index (Phi) is 14.9. The maximum atomic E-state index is 10.8. The molecule has 0 fully saturated rings. The molecule has 0 heterocycles. The van der Waals surface area contributed by atoms with E-state index in [0.29, 0.717) is 17.6 Å². The number of carbonyl (C=O) groups excluding carboxylic acids is 1. The molecule has 2 rings (SSSR count). The molecule has 0 saturated carbocycles. The summed E-state index contributed by atoms with van der Waals surface area (Å²) in [5.41, 5.74) is 4.00. The number of carbonyl (C=O) groups is 1. The molecule has 0 radical (unpaired) electrons. The molecule has 2 heteroatoms. The van der Waals surface area contributed by atoms with Gasteiger partial charge in [0.25, 0.3) is 0 Å². The lowest BCUT2D eigenvalue weighted by atomic mass is 9.89. The molecule has 1 atom stereocenters. The lowest BCUT2D eigenvalue weighted by Gasteiger charge is -2.16. The number of rotatable bonds is 6. The highest BCUT2D eigenvalue weighted by Crippen LogP contribution is 2.26. The standard InChI is InChI=1S/C15H24.C11H14O2.2CH4/c1-11(2)10-14-6-8-15(9-7-14)13(5)12(3)4;1-8(2)10-6-4-5-7-11(10)13-9(3)12;;/h6-9,11-13H,10H2,1-5H3;4-8H,1-3H3;2*1H4. The van der Waals surface area contributed by atoms with Crippen LogP contribution in [0.3, 0.4) is 0 Å². The first-order valence-electron chi connectivity index (χ1n) is 10.5. The Labute approximate surface area is 187 Å². The lowest BCUT2D eigenvalue weighted by molar-refractivity contribution is -0.131. The summed E-state index contributed by atoms with van der Waals surface area (Å²) in [6.07, 6.45) is 1.19. The van der Waals surface area contributed by atoms with E-state index in [9.17, 15) is 4.79 Å². The molecule has 2 nitrogen and oxygen atoms in total. The molecular weight excluding hydrogens is 368 g/mol. The van der Waals surface area contributed by atoms with Gasteiger partial charge in [0, 0.05) is 6.92 Å². The summed E-state index contributed by atoms with van der Waals surface area (Å²) >= 11 is 0. The van der Waals surface area contributed by atoms with Crippen molar-refractivity contribution in [2.45, 2.75) is 88.5 Å². The lowest BCUT2D eigenvalue weighted by Crippen LogP contribution is -2.04. The molecule has 2 aromatic carbocycles. The minimum atomic E-state index is -0.270. The van der Waals surface area contributed by atoms with Crippen molar-refractivity contribution in [3.63, 3.8) is 0 Å². The first-order valence-corrected chi connectivity index (χ1v) is 10.5. The van der Waals surface area contributed by atoms with Gasteiger partial charge in [0.15, 0.2) is 0 Å².